The molecule has 22 heavy (non-hydrogen) atoms. The van der Waals surface area contributed by atoms with Crippen molar-refractivity contribution in [2.75, 3.05) is 12.3 Å². The van der Waals surface area contributed by atoms with Crippen molar-refractivity contribution in [3.05, 3.63) is 35.9 Å². The summed E-state index contributed by atoms with van der Waals surface area (Å²) in [6, 6.07) is 9.20. The maximum atomic E-state index is 12.2. The van der Waals surface area contributed by atoms with Gasteiger partial charge in [-0.1, -0.05) is 30.3 Å². The molecule has 0 saturated carbocycles. The van der Waals surface area contributed by atoms with Crippen LogP contribution in [0.5, 0.6) is 0 Å². The molecule has 3 N–H and O–H groups in total. The lowest BCUT2D eigenvalue weighted by Crippen LogP contribution is -2.48. The van der Waals surface area contributed by atoms with E-state index in [0.29, 0.717) is 13.0 Å². The standard InChI is InChI=1S/C15H24N2O4S/c1-12(2)17-15(18)14(11-13-7-4-3-5-8-13)16-9-6-10-22(19,20)21/h3-5,7-8,12,14,16H,6,9-11H2,1-2H3,(H,17,18)(H,19,20,21)/t14-/m1/s1. The van der Waals surface area contributed by atoms with Gasteiger partial charge >= 0.3 is 0 Å². The van der Waals surface area contributed by atoms with Gasteiger partial charge in [0.15, 0.2) is 0 Å². The van der Waals surface area contributed by atoms with Crippen LogP contribution in [0.15, 0.2) is 30.3 Å². The minimum absolute atomic E-state index is 0.0328. The van der Waals surface area contributed by atoms with E-state index in [0.717, 1.165) is 5.56 Å². The summed E-state index contributed by atoms with van der Waals surface area (Å²) < 4.78 is 30.1. The number of nitrogens with one attached hydrogen (secondary N) is 2. The fourth-order valence-electron chi connectivity index (χ4n) is 2.02. The lowest BCUT2D eigenvalue weighted by Gasteiger charge is -2.20. The zero-order valence-corrected chi connectivity index (χ0v) is 13.8. The molecule has 0 spiro atoms. The molecule has 1 amide bonds. The van der Waals surface area contributed by atoms with E-state index in [4.69, 9.17) is 4.55 Å². The second-order valence-corrected chi connectivity index (χ2v) is 7.07. The van der Waals surface area contributed by atoms with E-state index in [-0.39, 0.29) is 24.1 Å². The van der Waals surface area contributed by atoms with Crippen LogP contribution in [0.4, 0.5) is 0 Å². The molecule has 1 atom stereocenters. The third kappa shape index (κ3) is 8.11. The summed E-state index contributed by atoms with van der Waals surface area (Å²) in [5.41, 5.74) is 1.02. The molecule has 1 aromatic rings. The van der Waals surface area contributed by atoms with Crippen LogP contribution in [0.1, 0.15) is 25.8 Å². The van der Waals surface area contributed by atoms with E-state index in [1.165, 1.54) is 0 Å². The summed E-state index contributed by atoms with van der Waals surface area (Å²) >= 11 is 0. The van der Waals surface area contributed by atoms with Gasteiger partial charge in [-0.25, -0.2) is 0 Å². The molecule has 1 rings (SSSR count). The van der Waals surface area contributed by atoms with Crippen LogP contribution in [0.2, 0.25) is 0 Å². The third-order valence-electron chi connectivity index (χ3n) is 3.00. The monoisotopic (exact) mass is 328 g/mol. The van der Waals surface area contributed by atoms with E-state index >= 15 is 0 Å². The largest absolute Gasteiger partial charge is 0.353 e. The molecule has 0 saturated heterocycles. The second kappa shape index (κ2) is 8.87. The first-order valence-electron chi connectivity index (χ1n) is 7.31. The molecular weight excluding hydrogens is 304 g/mol. The number of hydrogen-bond acceptors (Lipinski definition) is 4. The molecule has 0 bridgehead atoms. The Morgan fingerprint density at radius 3 is 2.41 bits per heavy atom. The predicted octanol–water partition coefficient (Wildman–Crippen LogP) is 0.990. The van der Waals surface area contributed by atoms with Crippen molar-refractivity contribution in [1.82, 2.24) is 10.6 Å². The average Bonchev–Trinajstić information content (AvgIpc) is 2.41. The van der Waals surface area contributed by atoms with Crippen molar-refractivity contribution in [3.8, 4) is 0 Å². The van der Waals surface area contributed by atoms with E-state index in [9.17, 15) is 13.2 Å². The van der Waals surface area contributed by atoms with E-state index in [2.05, 4.69) is 10.6 Å². The molecular formula is C15H24N2O4S. The Morgan fingerprint density at radius 2 is 1.86 bits per heavy atom. The van der Waals surface area contributed by atoms with Crippen LogP contribution in [0.3, 0.4) is 0 Å². The summed E-state index contributed by atoms with van der Waals surface area (Å²) in [4.78, 5) is 12.2. The first kappa shape index (κ1) is 18.6. The molecule has 6 nitrogen and oxygen atoms in total. The minimum atomic E-state index is -3.96. The van der Waals surface area contributed by atoms with Gasteiger partial charge < -0.3 is 10.6 Å². The van der Waals surface area contributed by atoms with E-state index in [1.807, 2.05) is 44.2 Å². The number of carbonyl (C=O) groups excluding carboxylic acids is 1. The predicted molar refractivity (Wildman–Crippen MR) is 86.2 cm³/mol. The Kier molecular flexibility index (Phi) is 7.50. The van der Waals surface area contributed by atoms with Gasteiger partial charge in [0.05, 0.1) is 11.8 Å². The SMILES string of the molecule is CC(C)NC(=O)[C@@H](Cc1ccccc1)NCCCS(=O)(=O)O. The van der Waals surface area contributed by atoms with Crippen LogP contribution in [-0.4, -0.2) is 43.3 Å². The highest BCUT2D eigenvalue weighted by Gasteiger charge is 2.19. The van der Waals surface area contributed by atoms with Crippen molar-refractivity contribution in [3.63, 3.8) is 0 Å². The summed E-state index contributed by atoms with van der Waals surface area (Å²) in [5, 5.41) is 5.91. The Hall–Kier alpha value is -1.44. The van der Waals surface area contributed by atoms with Crippen LogP contribution >= 0.6 is 0 Å². The van der Waals surface area contributed by atoms with Crippen molar-refractivity contribution in [2.45, 2.75) is 38.8 Å². The lowest BCUT2D eigenvalue weighted by molar-refractivity contribution is -0.123. The summed E-state index contributed by atoms with van der Waals surface area (Å²) in [5.74, 6) is -0.435. The lowest BCUT2D eigenvalue weighted by atomic mass is 10.0. The summed E-state index contributed by atoms with van der Waals surface area (Å²) in [7, 11) is -3.96. The highest BCUT2D eigenvalue weighted by Crippen LogP contribution is 2.04. The number of hydrogen-bond donors (Lipinski definition) is 3. The number of amides is 1. The molecule has 0 aromatic heterocycles. The molecule has 0 unspecified atom stereocenters. The third-order valence-corrected chi connectivity index (χ3v) is 3.80. The number of carbonyl (C=O) groups is 1. The van der Waals surface area contributed by atoms with Crippen molar-refractivity contribution in [1.29, 1.82) is 0 Å². The molecule has 1 aromatic carbocycles. The van der Waals surface area contributed by atoms with Crippen molar-refractivity contribution < 1.29 is 17.8 Å². The quantitative estimate of drug-likeness (QED) is 0.464. The first-order valence-corrected chi connectivity index (χ1v) is 8.91. The first-order chi connectivity index (χ1) is 10.3. The maximum absolute atomic E-state index is 12.2. The molecule has 0 aliphatic carbocycles. The molecule has 0 aliphatic heterocycles. The topological polar surface area (TPSA) is 95.5 Å². The summed E-state index contributed by atoms with van der Waals surface area (Å²) in [6.45, 7) is 4.11. The number of benzene rings is 1. The molecule has 0 fully saturated rings. The fraction of sp³-hybridized carbons (Fsp3) is 0.533. The highest BCUT2D eigenvalue weighted by atomic mass is 32.2. The molecule has 0 aliphatic rings. The van der Waals surface area contributed by atoms with Crippen molar-refractivity contribution >= 4 is 16.0 Å². The fourth-order valence-corrected chi connectivity index (χ4v) is 2.53. The minimum Gasteiger partial charge on any atom is -0.353 e. The average molecular weight is 328 g/mol. The van der Waals surface area contributed by atoms with Gasteiger partial charge in [-0.05, 0) is 38.8 Å². The smallest absolute Gasteiger partial charge is 0.264 e. The normalized spacial score (nSPS) is 13.1. The van der Waals surface area contributed by atoms with Crippen LogP contribution in [-0.2, 0) is 21.3 Å². The van der Waals surface area contributed by atoms with Crippen LogP contribution in [0, 0.1) is 0 Å². The van der Waals surface area contributed by atoms with E-state index < -0.39 is 16.2 Å². The number of rotatable bonds is 9. The molecule has 7 heteroatoms. The Bertz CT molecular complexity index is 558. The van der Waals surface area contributed by atoms with E-state index in [1.54, 1.807) is 0 Å². The van der Waals surface area contributed by atoms with Gasteiger partial charge in [-0.2, -0.15) is 8.42 Å². The second-order valence-electron chi connectivity index (χ2n) is 5.50. The van der Waals surface area contributed by atoms with Gasteiger partial charge in [0.2, 0.25) is 5.91 Å². The van der Waals surface area contributed by atoms with Gasteiger partial charge in [-0.15, -0.1) is 0 Å². The maximum Gasteiger partial charge on any atom is 0.264 e. The highest BCUT2D eigenvalue weighted by molar-refractivity contribution is 7.85. The summed E-state index contributed by atoms with van der Waals surface area (Å²) in [6.07, 6.45) is 0.768. The van der Waals surface area contributed by atoms with Gasteiger partial charge in [-0.3, -0.25) is 9.35 Å². The Labute approximate surface area is 132 Å². The Balaban J connectivity index is 2.60. The molecule has 124 valence electrons. The van der Waals surface area contributed by atoms with Gasteiger partial charge in [0.1, 0.15) is 0 Å². The zero-order valence-electron chi connectivity index (χ0n) is 13.0. The molecule has 0 heterocycles. The van der Waals surface area contributed by atoms with Crippen LogP contribution in [0.25, 0.3) is 0 Å². The van der Waals surface area contributed by atoms with Gasteiger partial charge in [0.25, 0.3) is 10.1 Å². The van der Waals surface area contributed by atoms with Gasteiger partial charge in [0, 0.05) is 6.04 Å². The zero-order chi connectivity index (χ0) is 16.6. The molecule has 0 radical (unpaired) electrons. The van der Waals surface area contributed by atoms with Crippen molar-refractivity contribution in [2.24, 2.45) is 0 Å². The van der Waals surface area contributed by atoms with Crippen LogP contribution < -0.4 is 10.6 Å². The Morgan fingerprint density at radius 1 is 1.23 bits per heavy atom.